The van der Waals surface area contributed by atoms with E-state index >= 15 is 0 Å². The standard InChI is InChI=1S/C25H31NO3/c1-16(2)6-5-7-22(27)29-19-10-11-20-21(14-19)25(4)12-13-26(15-18-8-9-18)23(17(25)3)24(20)28/h5-7,10-11,14,17-18,23H,8-9,12-13,15H2,1-4H3/b7-5+/t17-,23-,25+/m0/s1. The van der Waals surface area contributed by atoms with E-state index in [0.29, 0.717) is 5.75 Å². The van der Waals surface area contributed by atoms with Gasteiger partial charge in [0.1, 0.15) is 5.75 Å². The van der Waals surface area contributed by atoms with Gasteiger partial charge in [0.25, 0.3) is 0 Å². The number of ketones is 1. The third-order valence-electron chi connectivity index (χ3n) is 7.00. The number of carbonyl (C=O) groups excluding carboxylic acids is 2. The largest absolute Gasteiger partial charge is 0.423 e. The maximum atomic E-state index is 13.4. The van der Waals surface area contributed by atoms with Gasteiger partial charge in [-0.15, -0.1) is 0 Å². The van der Waals surface area contributed by atoms with Crippen molar-refractivity contribution in [2.45, 2.75) is 58.4 Å². The average Bonchev–Trinajstić information content (AvgIpc) is 3.47. The number of Topliss-reactive ketones (excluding diaryl/α,β-unsaturated/α-hetero) is 1. The SMILES string of the molecule is CC(C)=C/C=C/C(=O)Oc1ccc2c(c1)[C@]1(C)CCN(CC3CC3)[C@H](C2=O)[C@@H]1C. The van der Waals surface area contributed by atoms with Crippen LogP contribution in [0, 0.1) is 11.8 Å². The molecule has 3 atom stereocenters. The van der Waals surface area contributed by atoms with E-state index in [0.717, 1.165) is 42.1 Å². The highest BCUT2D eigenvalue weighted by Gasteiger charge is 2.53. The number of hydrogen-bond donors (Lipinski definition) is 0. The Hall–Kier alpha value is -2.20. The third-order valence-corrected chi connectivity index (χ3v) is 7.00. The fourth-order valence-electron chi connectivity index (χ4n) is 4.92. The molecule has 29 heavy (non-hydrogen) atoms. The summed E-state index contributed by atoms with van der Waals surface area (Å²) >= 11 is 0. The number of fused-ring (bicyclic) bond motifs is 4. The number of carbonyl (C=O) groups is 2. The van der Waals surface area contributed by atoms with Gasteiger partial charge in [0.15, 0.2) is 5.78 Å². The van der Waals surface area contributed by atoms with Crippen LogP contribution in [-0.4, -0.2) is 35.8 Å². The zero-order valence-corrected chi connectivity index (χ0v) is 17.9. The first-order valence-electron chi connectivity index (χ1n) is 10.8. The lowest BCUT2D eigenvalue weighted by atomic mass is 9.58. The van der Waals surface area contributed by atoms with Crippen molar-refractivity contribution in [3.05, 3.63) is 53.1 Å². The van der Waals surface area contributed by atoms with E-state index in [4.69, 9.17) is 4.74 Å². The van der Waals surface area contributed by atoms with Crippen LogP contribution in [0.2, 0.25) is 0 Å². The molecule has 0 N–H and O–H groups in total. The Bertz CT molecular complexity index is 891. The maximum Gasteiger partial charge on any atom is 0.336 e. The molecule has 1 aromatic rings. The second-order valence-electron chi connectivity index (χ2n) is 9.44. The maximum absolute atomic E-state index is 13.4. The number of allylic oxidation sites excluding steroid dienone is 3. The van der Waals surface area contributed by atoms with Crippen molar-refractivity contribution in [3.8, 4) is 5.75 Å². The topological polar surface area (TPSA) is 46.6 Å². The summed E-state index contributed by atoms with van der Waals surface area (Å²) in [5, 5.41) is 0. The molecule has 4 heteroatoms. The Morgan fingerprint density at radius 2 is 2.07 bits per heavy atom. The van der Waals surface area contributed by atoms with Crippen LogP contribution in [-0.2, 0) is 10.2 Å². The molecule has 1 saturated heterocycles. The Morgan fingerprint density at radius 1 is 1.31 bits per heavy atom. The van der Waals surface area contributed by atoms with Gasteiger partial charge in [-0.2, -0.15) is 0 Å². The minimum Gasteiger partial charge on any atom is -0.423 e. The molecule has 0 amide bonds. The average molecular weight is 394 g/mol. The number of hydrogen-bond acceptors (Lipinski definition) is 4. The molecule has 0 spiro atoms. The zero-order valence-electron chi connectivity index (χ0n) is 17.9. The van der Waals surface area contributed by atoms with Crippen LogP contribution in [0.5, 0.6) is 5.75 Å². The summed E-state index contributed by atoms with van der Waals surface area (Å²) in [5.74, 6) is 1.36. The van der Waals surface area contributed by atoms with E-state index in [1.54, 1.807) is 12.1 Å². The van der Waals surface area contributed by atoms with Crippen LogP contribution >= 0.6 is 0 Å². The van der Waals surface area contributed by atoms with E-state index in [9.17, 15) is 9.59 Å². The van der Waals surface area contributed by atoms with Crippen LogP contribution in [0.15, 0.2) is 42.0 Å². The fraction of sp³-hybridized carbons (Fsp3) is 0.520. The summed E-state index contributed by atoms with van der Waals surface area (Å²) < 4.78 is 5.52. The highest BCUT2D eigenvalue weighted by atomic mass is 16.5. The summed E-state index contributed by atoms with van der Waals surface area (Å²) in [7, 11) is 0. The summed E-state index contributed by atoms with van der Waals surface area (Å²) in [4.78, 5) is 27.9. The molecule has 3 aliphatic rings. The van der Waals surface area contributed by atoms with Crippen LogP contribution in [0.4, 0.5) is 0 Å². The summed E-state index contributed by atoms with van der Waals surface area (Å²) in [6.07, 6.45) is 8.62. The number of rotatable bonds is 5. The molecule has 1 aromatic carbocycles. The molecular formula is C25H31NO3. The normalized spacial score (nSPS) is 28.9. The summed E-state index contributed by atoms with van der Waals surface area (Å²) in [6, 6.07) is 5.51. The lowest BCUT2D eigenvalue weighted by Gasteiger charge is -2.53. The lowest BCUT2D eigenvalue weighted by Crippen LogP contribution is -2.61. The second-order valence-corrected chi connectivity index (χ2v) is 9.44. The van der Waals surface area contributed by atoms with Gasteiger partial charge in [-0.1, -0.05) is 31.6 Å². The van der Waals surface area contributed by atoms with Crippen LogP contribution in [0.25, 0.3) is 0 Å². The van der Waals surface area contributed by atoms with Crippen LogP contribution < -0.4 is 4.74 Å². The number of nitrogens with zero attached hydrogens (tertiary/aromatic N) is 1. The quantitative estimate of drug-likeness (QED) is 0.315. The van der Waals surface area contributed by atoms with Gasteiger partial charge in [-0.25, -0.2) is 4.79 Å². The van der Waals surface area contributed by atoms with Gasteiger partial charge in [-0.3, -0.25) is 9.69 Å². The molecule has 0 aromatic heterocycles. The third kappa shape index (κ3) is 3.83. The first kappa shape index (κ1) is 20.1. The van der Waals surface area contributed by atoms with Gasteiger partial charge in [-0.05, 0) is 80.7 Å². The van der Waals surface area contributed by atoms with E-state index in [1.165, 1.54) is 18.9 Å². The van der Waals surface area contributed by atoms with E-state index in [-0.39, 0.29) is 23.2 Å². The molecule has 1 saturated carbocycles. The molecule has 1 heterocycles. The predicted octanol–water partition coefficient (Wildman–Crippen LogP) is 4.69. The number of benzene rings is 1. The molecule has 4 rings (SSSR count). The minimum atomic E-state index is -0.403. The van der Waals surface area contributed by atoms with Crippen molar-refractivity contribution >= 4 is 11.8 Å². The fourth-order valence-corrected chi connectivity index (χ4v) is 4.92. The van der Waals surface area contributed by atoms with Crippen molar-refractivity contribution in [3.63, 3.8) is 0 Å². The van der Waals surface area contributed by atoms with Crippen molar-refractivity contribution in [2.24, 2.45) is 11.8 Å². The lowest BCUT2D eigenvalue weighted by molar-refractivity contribution is -0.129. The van der Waals surface area contributed by atoms with E-state index in [1.807, 2.05) is 32.1 Å². The number of piperidine rings is 1. The Labute approximate surface area is 173 Å². The number of esters is 1. The first-order valence-corrected chi connectivity index (χ1v) is 10.8. The Morgan fingerprint density at radius 3 is 2.76 bits per heavy atom. The smallest absolute Gasteiger partial charge is 0.336 e. The summed E-state index contributed by atoms with van der Waals surface area (Å²) in [5.41, 5.74) is 2.88. The molecular weight excluding hydrogens is 362 g/mol. The Balaban J connectivity index is 1.60. The second kappa shape index (κ2) is 7.56. The number of ether oxygens (including phenoxy) is 1. The molecule has 154 valence electrons. The Kier molecular flexibility index (Phi) is 5.24. The molecule has 4 nitrogen and oxygen atoms in total. The predicted molar refractivity (Wildman–Crippen MR) is 114 cm³/mol. The number of likely N-dealkylation sites (tertiary alicyclic amines) is 1. The van der Waals surface area contributed by atoms with E-state index < -0.39 is 5.97 Å². The van der Waals surface area contributed by atoms with Crippen LogP contribution in [0.3, 0.4) is 0 Å². The van der Waals surface area contributed by atoms with Crippen molar-refractivity contribution in [2.75, 3.05) is 13.1 Å². The summed E-state index contributed by atoms with van der Waals surface area (Å²) in [6.45, 7) is 10.4. The molecule has 1 aliphatic heterocycles. The highest BCUT2D eigenvalue weighted by Crippen LogP contribution is 2.50. The molecule has 0 radical (unpaired) electrons. The van der Waals surface area contributed by atoms with Crippen molar-refractivity contribution < 1.29 is 14.3 Å². The van der Waals surface area contributed by atoms with Gasteiger partial charge in [0.2, 0.25) is 0 Å². The van der Waals surface area contributed by atoms with Gasteiger partial charge in [0.05, 0.1) is 6.04 Å². The van der Waals surface area contributed by atoms with Gasteiger partial charge < -0.3 is 4.74 Å². The van der Waals surface area contributed by atoms with Gasteiger partial charge in [0, 0.05) is 18.2 Å². The molecule has 2 aliphatic carbocycles. The first-order chi connectivity index (χ1) is 13.8. The van der Waals surface area contributed by atoms with Crippen LogP contribution in [0.1, 0.15) is 62.9 Å². The van der Waals surface area contributed by atoms with Crippen molar-refractivity contribution in [1.29, 1.82) is 0 Å². The zero-order chi connectivity index (χ0) is 20.8. The van der Waals surface area contributed by atoms with E-state index in [2.05, 4.69) is 18.7 Å². The molecule has 0 unspecified atom stereocenters. The molecule has 2 bridgehead atoms. The highest BCUT2D eigenvalue weighted by molar-refractivity contribution is 6.04. The minimum absolute atomic E-state index is 0.0257. The molecule has 2 fully saturated rings. The van der Waals surface area contributed by atoms with Gasteiger partial charge >= 0.3 is 5.97 Å². The monoisotopic (exact) mass is 393 g/mol. The van der Waals surface area contributed by atoms with Crippen molar-refractivity contribution in [1.82, 2.24) is 4.90 Å².